The Morgan fingerprint density at radius 1 is 1.04 bits per heavy atom. The van der Waals surface area contributed by atoms with Gasteiger partial charge in [-0.25, -0.2) is 0 Å². The largest absolute Gasteiger partial charge is 0.381 e. The Bertz CT molecular complexity index is 828. The molecule has 0 radical (unpaired) electrons. The van der Waals surface area contributed by atoms with Crippen LogP contribution in [-0.4, -0.2) is 37.1 Å². The van der Waals surface area contributed by atoms with E-state index in [0.29, 0.717) is 23.0 Å². The standard InChI is InChI=1S/C21H20N2O2/c22-11-15-5-1-2-6-18(15)19-7-3-4-8-20(19)21(24)23-12-17(13-23)16-9-10-25-14-16/h1-8,16-17H,9-10,12-14H2. The maximum absolute atomic E-state index is 13.0. The van der Waals surface area contributed by atoms with E-state index in [4.69, 9.17) is 4.74 Å². The van der Waals surface area contributed by atoms with Crippen LogP contribution in [-0.2, 0) is 4.74 Å². The van der Waals surface area contributed by atoms with Gasteiger partial charge in [-0.1, -0.05) is 36.4 Å². The minimum absolute atomic E-state index is 0.0542. The average Bonchev–Trinajstić information content (AvgIpc) is 3.14. The maximum Gasteiger partial charge on any atom is 0.254 e. The van der Waals surface area contributed by atoms with Crippen molar-refractivity contribution >= 4 is 5.91 Å². The molecule has 126 valence electrons. The number of hydrogen-bond donors (Lipinski definition) is 0. The normalized spacial score (nSPS) is 20.1. The maximum atomic E-state index is 13.0. The molecule has 1 amide bonds. The van der Waals surface area contributed by atoms with Crippen molar-refractivity contribution < 1.29 is 9.53 Å². The number of carbonyl (C=O) groups is 1. The van der Waals surface area contributed by atoms with E-state index in [0.717, 1.165) is 43.9 Å². The number of ether oxygens (including phenoxy) is 1. The van der Waals surface area contributed by atoms with E-state index in [2.05, 4.69) is 6.07 Å². The van der Waals surface area contributed by atoms with Crippen LogP contribution in [0.4, 0.5) is 0 Å². The van der Waals surface area contributed by atoms with Gasteiger partial charge in [0, 0.05) is 37.4 Å². The molecular weight excluding hydrogens is 312 g/mol. The fourth-order valence-electron chi connectivity index (χ4n) is 3.79. The lowest BCUT2D eigenvalue weighted by molar-refractivity contribution is 0.0342. The first-order valence-electron chi connectivity index (χ1n) is 8.73. The Kier molecular flexibility index (Phi) is 4.25. The molecule has 25 heavy (non-hydrogen) atoms. The summed E-state index contributed by atoms with van der Waals surface area (Å²) in [6.45, 7) is 3.30. The molecule has 2 aromatic carbocycles. The van der Waals surface area contributed by atoms with Crippen molar-refractivity contribution in [1.82, 2.24) is 4.90 Å². The lowest BCUT2D eigenvalue weighted by Crippen LogP contribution is -2.52. The van der Waals surface area contributed by atoms with E-state index in [1.165, 1.54) is 0 Å². The van der Waals surface area contributed by atoms with E-state index in [-0.39, 0.29) is 5.91 Å². The fourth-order valence-corrected chi connectivity index (χ4v) is 3.79. The Morgan fingerprint density at radius 2 is 1.76 bits per heavy atom. The molecule has 0 aliphatic carbocycles. The molecule has 4 rings (SSSR count). The van der Waals surface area contributed by atoms with Gasteiger partial charge in [-0.05, 0) is 36.0 Å². The topological polar surface area (TPSA) is 53.3 Å². The Hall–Kier alpha value is -2.64. The van der Waals surface area contributed by atoms with Crippen LogP contribution in [0, 0.1) is 23.2 Å². The summed E-state index contributed by atoms with van der Waals surface area (Å²) in [5, 5.41) is 9.37. The molecule has 0 saturated carbocycles. The predicted molar refractivity (Wildman–Crippen MR) is 94.9 cm³/mol. The number of carbonyl (C=O) groups excluding carboxylic acids is 1. The van der Waals surface area contributed by atoms with Gasteiger partial charge in [0.05, 0.1) is 11.6 Å². The highest BCUT2D eigenvalue weighted by Crippen LogP contribution is 2.33. The molecule has 2 aliphatic rings. The number of likely N-dealkylation sites (tertiary alicyclic amines) is 1. The van der Waals surface area contributed by atoms with Gasteiger partial charge in [0.25, 0.3) is 5.91 Å². The molecule has 2 aromatic rings. The summed E-state index contributed by atoms with van der Waals surface area (Å²) in [5.74, 6) is 1.21. The summed E-state index contributed by atoms with van der Waals surface area (Å²) in [7, 11) is 0. The summed E-state index contributed by atoms with van der Waals surface area (Å²) in [6.07, 6.45) is 1.11. The number of amides is 1. The molecular formula is C21H20N2O2. The van der Waals surface area contributed by atoms with Gasteiger partial charge < -0.3 is 9.64 Å². The first kappa shape index (κ1) is 15.9. The van der Waals surface area contributed by atoms with Gasteiger partial charge in [0.15, 0.2) is 0 Å². The number of hydrogen-bond acceptors (Lipinski definition) is 3. The van der Waals surface area contributed by atoms with Crippen LogP contribution in [0.3, 0.4) is 0 Å². The van der Waals surface area contributed by atoms with Crippen LogP contribution >= 0.6 is 0 Å². The zero-order valence-corrected chi connectivity index (χ0v) is 14.0. The zero-order chi connectivity index (χ0) is 17.2. The van der Waals surface area contributed by atoms with Crippen LogP contribution in [0.2, 0.25) is 0 Å². The molecule has 2 saturated heterocycles. The van der Waals surface area contributed by atoms with Crippen molar-refractivity contribution in [2.75, 3.05) is 26.3 Å². The fraction of sp³-hybridized carbons (Fsp3) is 0.333. The number of rotatable bonds is 3. The Labute approximate surface area is 147 Å². The number of nitrogens with zero attached hydrogens (tertiary/aromatic N) is 2. The van der Waals surface area contributed by atoms with Crippen LogP contribution in [0.15, 0.2) is 48.5 Å². The minimum Gasteiger partial charge on any atom is -0.381 e. The Balaban J connectivity index is 1.57. The third-order valence-corrected chi connectivity index (χ3v) is 5.32. The lowest BCUT2D eigenvalue weighted by atomic mass is 9.84. The predicted octanol–water partition coefficient (Wildman–Crippen LogP) is 3.33. The van der Waals surface area contributed by atoms with Crippen molar-refractivity contribution in [3.8, 4) is 17.2 Å². The van der Waals surface area contributed by atoms with Crippen LogP contribution in [0.1, 0.15) is 22.3 Å². The highest BCUT2D eigenvalue weighted by Gasteiger charge is 2.38. The summed E-state index contributed by atoms with van der Waals surface area (Å²) in [4.78, 5) is 14.9. The van der Waals surface area contributed by atoms with Gasteiger partial charge in [-0.3, -0.25) is 4.79 Å². The molecule has 2 fully saturated rings. The Morgan fingerprint density at radius 3 is 2.48 bits per heavy atom. The van der Waals surface area contributed by atoms with Crippen LogP contribution in [0.25, 0.3) is 11.1 Å². The highest BCUT2D eigenvalue weighted by atomic mass is 16.5. The average molecular weight is 332 g/mol. The second kappa shape index (κ2) is 6.70. The molecule has 0 bridgehead atoms. The molecule has 2 aliphatic heterocycles. The first-order valence-corrected chi connectivity index (χ1v) is 8.73. The quantitative estimate of drug-likeness (QED) is 0.866. The lowest BCUT2D eigenvalue weighted by Gasteiger charge is -2.42. The number of nitriles is 1. The van der Waals surface area contributed by atoms with Gasteiger partial charge in [-0.2, -0.15) is 5.26 Å². The summed E-state index contributed by atoms with van der Waals surface area (Å²) in [6, 6.07) is 17.2. The first-order chi connectivity index (χ1) is 12.3. The monoisotopic (exact) mass is 332 g/mol. The summed E-state index contributed by atoms with van der Waals surface area (Å²) >= 11 is 0. The van der Waals surface area contributed by atoms with Crippen LogP contribution < -0.4 is 0 Å². The van der Waals surface area contributed by atoms with Crippen molar-refractivity contribution in [2.45, 2.75) is 6.42 Å². The third-order valence-electron chi connectivity index (χ3n) is 5.32. The number of benzene rings is 2. The SMILES string of the molecule is N#Cc1ccccc1-c1ccccc1C(=O)N1CC(C2CCOC2)C1. The van der Waals surface area contributed by atoms with E-state index in [9.17, 15) is 10.1 Å². The molecule has 0 N–H and O–H groups in total. The van der Waals surface area contributed by atoms with E-state index >= 15 is 0 Å². The minimum atomic E-state index is 0.0542. The highest BCUT2D eigenvalue weighted by molar-refractivity contribution is 6.01. The molecule has 0 aromatic heterocycles. The third kappa shape index (κ3) is 2.92. The summed E-state index contributed by atoms with van der Waals surface area (Å²) < 4.78 is 5.46. The molecule has 4 heteroatoms. The van der Waals surface area contributed by atoms with Crippen molar-refractivity contribution in [1.29, 1.82) is 5.26 Å². The van der Waals surface area contributed by atoms with Crippen molar-refractivity contribution in [2.24, 2.45) is 11.8 Å². The van der Waals surface area contributed by atoms with E-state index in [1.54, 1.807) is 6.07 Å². The van der Waals surface area contributed by atoms with Gasteiger partial charge in [0.2, 0.25) is 0 Å². The second-order valence-corrected chi connectivity index (χ2v) is 6.80. The van der Waals surface area contributed by atoms with Crippen molar-refractivity contribution in [3.05, 3.63) is 59.7 Å². The molecule has 2 heterocycles. The van der Waals surface area contributed by atoms with Crippen molar-refractivity contribution in [3.63, 3.8) is 0 Å². The van der Waals surface area contributed by atoms with Crippen LogP contribution in [0.5, 0.6) is 0 Å². The zero-order valence-electron chi connectivity index (χ0n) is 14.0. The smallest absolute Gasteiger partial charge is 0.254 e. The molecule has 0 spiro atoms. The van der Waals surface area contributed by atoms with Gasteiger partial charge in [-0.15, -0.1) is 0 Å². The molecule has 1 unspecified atom stereocenters. The van der Waals surface area contributed by atoms with E-state index < -0.39 is 0 Å². The van der Waals surface area contributed by atoms with E-state index in [1.807, 2.05) is 47.4 Å². The molecule has 4 nitrogen and oxygen atoms in total. The second-order valence-electron chi connectivity index (χ2n) is 6.80. The van der Waals surface area contributed by atoms with Gasteiger partial charge >= 0.3 is 0 Å². The molecule has 1 atom stereocenters. The van der Waals surface area contributed by atoms with Gasteiger partial charge in [0.1, 0.15) is 0 Å². The summed E-state index contributed by atoms with van der Waals surface area (Å²) in [5.41, 5.74) is 2.91.